The van der Waals surface area contributed by atoms with E-state index in [0.29, 0.717) is 16.6 Å². The number of aliphatic hydroxyl groups is 1. The minimum atomic E-state index is -1.08. The van der Waals surface area contributed by atoms with Crippen LogP contribution in [-0.4, -0.2) is 51.4 Å². The van der Waals surface area contributed by atoms with Crippen LogP contribution >= 0.6 is 15.9 Å². The summed E-state index contributed by atoms with van der Waals surface area (Å²) in [5, 5.41) is 32.8. The van der Waals surface area contributed by atoms with Crippen LogP contribution in [0.4, 0.5) is 16.2 Å². The largest absolute Gasteiger partial charge is 0.465 e. The Balaban J connectivity index is 2.12. The normalized spacial score (nSPS) is 21.9. The van der Waals surface area contributed by atoms with Gasteiger partial charge < -0.3 is 20.4 Å². The van der Waals surface area contributed by atoms with Gasteiger partial charge in [0.25, 0.3) is 5.69 Å². The zero-order valence-corrected chi connectivity index (χ0v) is 12.5. The van der Waals surface area contributed by atoms with Crippen LogP contribution in [0.25, 0.3) is 0 Å². The van der Waals surface area contributed by atoms with Crippen molar-refractivity contribution in [3.05, 3.63) is 32.8 Å². The summed E-state index contributed by atoms with van der Waals surface area (Å²) in [5.74, 6) is 0. The van der Waals surface area contributed by atoms with Crippen molar-refractivity contribution in [2.45, 2.75) is 18.6 Å². The first-order valence-corrected chi connectivity index (χ1v) is 7.04. The molecule has 0 spiro atoms. The lowest BCUT2D eigenvalue weighted by atomic mass is 10.0. The summed E-state index contributed by atoms with van der Waals surface area (Å²) in [5.41, 5.74) is 0.202. The van der Waals surface area contributed by atoms with E-state index in [2.05, 4.69) is 21.2 Å². The highest BCUT2D eigenvalue weighted by Crippen LogP contribution is 2.29. The van der Waals surface area contributed by atoms with Crippen LogP contribution in [0.2, 0.25) is 0 Å². The van der Waals surface area contributed by atoms with Crippen molar-refractivity contribution in [3.63, 3.8) is 0 Å². The summed E-state index contributed by atoms with van der Waals surface area (Å²) >= 11 is 3.17. The van der Waals surface area contributed by atoms with Crippen molar-refractivity contribution < 1.29 is 19.9 Å². The van der Waals surface area contributed by atoms with E-state index in [-0.39, 0.29) is 18.8 Å². The SMILES string of the molecule is O=C(O)N1CC[C@@H](Nc2ccc(Br)cc2[N+](=O)[O-])[C@H](O)C1. The fourth-order valence-corrected chi connectivity index (χ4v) is 2.60. The van der Waals surface area contributed by atoms with Gasteiger partial charge in [0.05, 0.1) is 23.6 Å². The van der Waals surface area contributed by atoms with Gasteiger partial charge in [-0.05, 0) is 18.6 Å². The molecule has 0 radical (unpaired) electrons. The van der Waals surface area contributed by atoms with E-state index in [1.54, 1.807) is 12.1 Å². The molecule has 1 amide bonds. The highest BCUT2D eigenvalue weighted by Gasteiger charge is 2.31. The van der Waals surface area contributed by atoms with Crippen LogP contribution in [-0.2, 0) is 0 Å². The molecular formula is C12H14BrN3O5. The number of aliphatic hydroxyl groups excluding tert-OH is 1. The van der Waals surface area contributed by atoms with Crippen molar-refractivity contribution >= 4 is 33.4 Å². The summed E-state index contributed by atoms with van der Waals surface area (Å²) in [6.45, 7) is 0.256. The van der Waals surface area contributed by atoms with Crippen LogP contribution in [0.1, 0.15) is 6.42 Å². The highest BCUT2D eigenvalue weighted by atomic mass is 79.9. The molecule has 2 rings (SSSR count). The number of hydrogen-bond donors (Lipinski definition) is 3. The van der Waals surface area contributed by atoms with E-state index >= 15 is 0 Å². The summed E-state index contributed by atoms with van der Waals surface area (Å²) < 4.78 is 0.584. The molecule has 114 valence electrons. The minimum absolute atomic E-state index is 0.0165. The third-order valence-electron chi connectivity index (χ3n) is 3.35. The van der Waals surface area contributed by atoms with Crippen LogP contribution in [0.3, 0.4) is 0 Å². The van der Waals surface area contributed by atoms with Gasteiger partial charge in [-0.25, -0.2) is 4.79 Å². The maximum absolute atomic E-state index is 11.0. The molecule has 0 saturated carbocycles. The standard InChI is InChI=1S/C12H14BrN3O5/c13-7-1-2-8(10(5-7)16(20)21)14-9-3-4-15(12(18)19)6-11(9)17/h1-2,5,9,11,14,17H,3-4,6H2,(H,18,19)/t9-,11-/m1/s1. The molecule has 0 unspecified atom stereocenters. The van der Waals surface area contributed by atoms with Crippen LogP contribution < -0.4 is 5.32 Å². The topological polar surface area (TPSA) is 116 Å². The molecule has 3 N–H and O–H groups in total. The predicted molar refractivity (Wildman–Crippen MR) is 78.4 cm³/mol. The molecule has 1 aliphatic rings. The fraction of sp³-hybridized carbons (Fsp3) is 0.417. The number of benzene rings is 1. The molecule has 1 heterocycles. The number of nitro benzene ring substituents is 1. The average Bonchev–Trinajstić information content (AvgIpc) is 2.42. The zero-order chi connectivity index (χ0) is 15.6. The maximum atomic E-state index is 11.0. The van der Waals surface area contributed by atoms with Gasteiger partial charge in [-0.1, -0.05) is 15.9 Å². The molecule has 0 bridgehead atoms. The van der Waals surface area contributed by atoms with Crippen LogP contribution in [0.5, 0.6) is 0 Å². The number of nitrogens with zero attached hydrogens (tertiary/aromatic N) is 2. The Bertz CT molecular complexity index is 568. The van der Waals surface area contributed by atoms with Gasteiger partial charge in [0.15, 0.2) is 0 Å². The summed E-state index contributed by atoms with van der Waals surface area (Å²) in [6.07, 6.45) is -1.62. The average molecular weight is 360 g/mol. The Morgan fingerprint density at radius 3 is 2.81 bits per heavy atom. The van der Waals surface area contributed by atoms with Gasteiger partial charge in [-0.15, -0.1) is 0 Å². The van der Waals surface area contributed by atoms with Crippen LogP contribution in [0.15, 0.2) is 22.7 Å². The second-order valence-electron chi connectivity index (χ2n) is 4.75. The van der Waals surface area contributed by atoms with E-state index < -0.39 is 23.2 Å². The summed E-state index contributed by atoms with van der Waals surface area (Å²) in [4.78, 5) is 22.5. The monoisotopic (exact) mass is 359 g/mol. The number of carbonyl (C=O) groups is 1. The molecule has 0 aliphatic carbocycles. The number of likely N-dealkylation sites (tertiary alicyclic amines) is 1. The Kier molecular flexibility index (Phi) is 4.63. The Morgan fingerprint density at radius 2 is 2.24 bits per heavy atom. The Labute approximate surface area is 128 Å². The number of carboxylic acid groups (broad SMARTS) is 1. The second-order valence-corrected chi connectivity index (χ2v) is 5.67. The Hall–Kier alpha value is -1.87. The van der Waals surface area contributed by atoms with Gasteiger partial charge in [0, 0.05) is 17.1 Å². The van der Waals surface area contributed by atoms with E-state index in [4.69, 9.17) is 5.11 Å². The van der Waals surface area contributed by atoms with Gasteiger partial charge >= 0.3 is 6.09 Å². The number of anilines is 1. The molecule has 1 fully saturated rings. The van der Waals surface area contributed by atoms with Crippen molar-refractivity contribution in [1.82, 2.24) is 4.90 Å². The van der Waals surface area contributed by atoms with E-state index in [1.807, 2.05) is 0 Å². The quantitative estimate of drug-likeness (QED) is 0.560. The van der Waals surface area contributed by atoms with E-state index in [9.17, 15) is 20.0 Å². The van der Waals surface area contributed by atoms with Gasteiger partial charge in [-0.2, -0.15) is 0 Å². The number of nitrogens with one attached hydrogen (secondary N) is 1. The molecule has 1 aliphatic heterocycles. The molecule has 1 aromatic carbocycles. The molecule has 21 heavy (non-hydrogen) atoms. The fourth-order valence-electron chi connectivity index (χ4n) is 2.25. The van der Waals surface area contributed by atoms with E-state index in [1.165, 1.54) is 6.07 Å². The second kappa shape index (κ2) is 6.27. The zero-order valence-electron chi connectivity index (χ0n) is 10.9. The molecule has 8 nitrogen and oxygen atoms in total. The van der Waals surface area contributed by atoms with Gasteiger partial charge in [0.2, 0.25) is 0 Å². The molecule has 2 atom stereocenters. The third-order valence-corrected chi connectivity index (χ3v) is 3.84. The summed E-state index contributed by atoms with van der Waals surface area (Å²) in [6, 6.07) is 4.16. The third kappa shape index (κ3) is 3.61. The molecule has 9 heteroatoms. The first kappa shape index (κ1) is 15.5. The Morgan fingerprint density at radius 1 is 1.52 bits per heavy atom. The lowest BCUT2D eigenvalue weighted by Gasteiger charge is -2.35. The number of hydrogen-bond acceptors (Lipinski definition) is 5. The lowest BCUT2D eigenvalue weighted by Crippen LogP contribution is -2.51. The van der Waals surface area contributed by atoms with Crippen LogP contribution in [0, 0.1) is 10.1 Å². The minimum Gasteiger partial charge on any atom is -0.465 e. The molecular weight excluding hydrogens is 346 g/mol. The number of nitro groups is 1. The summed E-state index contributed by atoms with van der Waals surface area (Å²) in [7, 11) is 0. The number of piperidine rings is 1. The first-order valence-electron chi connectivity index (χ1n) is 6.25. The maximum Gasteiger partial charge on any atom is 0.407 e. The smallest absolute Gasteiger partial charge is 0.407 e. The number of β-amino-alcohol motifs (C(OH)–C–C–N with tert-alkyl or cyclic N) is 1. The lowest BCUT2D eigenvalue weighted by molar-refractivity contribution is -0.384. The molecule has 1 aromatic rings. The number of halogens is 1. The first-order chi connectivity index (χ1) is 9.88. The van der Waals surface area contributed by atoms with E-state index in [0.717, 1.165) is 4.90 Å². The van der Waals surface area contributed by atoms with Gasteiger partial charge in [0.1, 0.15) is 5.69 Å². The van der Waals surface area contributed by atoms with Crippen molar-refractivity contribution in [3.8, 4) is 0 Å². The highest BCUT2D eigenvalue weighted by molar-refractivity contribution is 9.10. The number of amides is 1. The van der Waals surface area contributed by atoms with Crippen molar-refractivity contribution in [1.29, 1.82) is 0 Å². The number of rotatable bonds is 3. The van der Waals surface area contributed by atoms with Crippen molar-refractivity contribution in [2.24, 2.45) is 0 Å². The van der Waals surface area contributed by atoms with Crippen molar-refractivity contribution in [2.75, 3.05) is 18.4 Å². The predicted octanol–water partition coefficient (Wildman–Crippen LogP) is 1.88. The molecule has 0 aromatic heterocycles. The molecule has 1 saturated heterocycles. The van der Waals surface area contributed by atoms with Gasteiger partial charge in [-0.3, -0.25) is 10.1 Å².